The molecule has 0 rings (SSSR count). The van der Waals surface area contributed by atoms with Gasteiger partial charge in [0.15, 0.2) is 0 Å². The second-order valence-corrected chi connectivity index (χ2v) is 6.95. The van der Waals surface area contributed by atoms with Gasteiger partial charge in [-0.2, -0.15) is 0 Å². The third-order valence-corrected chi connectivity index (χ3v) is 4.65. The van der Waals surface area contributed by atoms with Crippen LogP contribution in [0.1, 0.15) is 65.7 Å². The Morgan fingerprint density at radius 2 is 1.74 bits per heavy atom. The number of rotatable bonds is 15. The third-order valence-electron chi connectivity index (χ3n) is 4.65. The number of unbranched alkanes of at least 4 members (excludes halogenated alkanes) is 2. The van der Waals surface area contributed by atoms with Gasteiger partial charge in [0.25, 0.3) is 0 Å². The average Bonchev–Trinajstić information content (AvgIpc) is 2.49. The van der Waals surface area contributed by atoms with E-state index in [1.165, 1.54) is 0 Å². The first-order chi connectivity index (χ1) is 10.9. The molecule has 0 heterocycles. The number of hydrogen-bond acceptors (Lipinski definition) is 2. The van der Waals surface area contributed by atoms with Gasteiger partial charge >= 0.3 is 5.97 Å². The summed E-state index contributed by atoms with van der Waals surface area (Å²) < 4.78 is 0.854. The molecule has 4 nitrogen and oxygen atoms in total. The Labute approximate surface area is 142 Å². The van der Waals surface area contributed by atoms with Crippen LogP contribution in [-0.4, -0.2) is 52.9 Å². The monoisotopic (exact) mass is 328 g/mol. The molecule has 0 aliphatic heterocycles. The van der Waals surface area contributed by atoms with E-state index >= 15 is 0 Å². The van der Waals surface area contributed by atoms with E-state index in [9.17, 15) is 9.90 Å². The molecule has 2 N–H and O–H groups in total. The molecular formula is C19H38NO3+. The Balaban J connectivity index is 4.67. The lowest BCUT2D eigenvalue weighted by Gasteiger charge is -2.40. The van der Waals surface area contributed by atoms with Gasteiger partial charge < -0.3 is 14.7 Å². The maximum atomic E-state index is 11.1. The summed E-state index contributed by atoms with van der Waals surface area (Å²) in [5.74, 6) is -1.04. The van der Waals surface area contributed by atoms with Crippen molar-refractivity contribution in [2.24, 2.45) is 5.92 Å². The Kier molecular flexibility index (Phi) is 12.1. The van der Waals surface area contributed by atoms with E-state index in [-0.39, 0.29) is 12.0 Å². The van der Waals surface area contributed by atoms with E-state index in [1.807, 2.05) is 6.08 Å². The number of carbonyl (C=O) groups is 1. The van der Waals surface area contributed by atoms with E-state index in [4.69, 9.17) is 5.11 Å². The highest BCUT2D eigenvalue weighted by Gasteiger charge is 2.30. The van der Waals surface area contributed by atoms with Gasteiger partial charge in [-0.05, 0) is 32.1 Å². The molecule has 0 radical (unpaired) electrons. The molecule has 0 saturated heterocycles. The fraction of sp³-hybridized carbons (Fsp3) is 0.842. The summed E-state index contributed by atoms with van der Waals surface area (Å²) in [6.07, 6.45) is 8.37. The number of allylic oxidation sites excluding steroid dienone is 1. The van der Waals surface area contributed by atoms with Crippen molar-refractivity contribution in [1.82, 2.24) is 0 Å². The highest BCUT2D eigenvalue weighted by atomic mass is 16.4. The van der Waals surface area contributed by atoms with Gasteiger partial charge in [-0.3, -0.25) is 4.79 Å². The van der Waals surface area contributed by atoms with Crippen molar-refractivity contribution in [3.8, 4) is 0 Å². The van der Waals surface area contributed by atoms with Crippen LogP contribution in [0.25, 0.3) is 0 Å². The molecule has 0 spiro atoms. The third kappa shape index (κ3) is 9.77. The van der Waals surface area contributed by atoms with Crippen LogP contribution in [0.3, 0.4) is 0 Å². The lowest BCUT2D eigenvalue weighted by molar-refractivity contribution is -0.931. The number of aliphatic carboxylic acids is 1. The summed E-state index contributed by atoms with van der Waals surface area (Å²) in [6, 6.07) is 0. The van der Waals surface area contributed by atoms with Crippen LogP contribution < -0.4 is 0 Å². The van der Waals surface area contributed by atoms with Crippen molar-refractivity contribution in [1.29, 1.82) is 0 Å². The topological polar surface area (TPSA) is 57.5 Å². The lowest BCUT2D eigenvalue weighted by Crippen LogP contribution is -2.54. The van der Waals surface area contributed by atoms with Crippen LogP contribution in [0.2, 0.25) is 0 Å². The van der Waals surface area contributed by atoms with Gasteiger partial charge in [-0.15, -0.1) is 6.58 Å². The van der Waals surface area contributed by atoms with Crippen LogP contribution in [0.4, 0.5) is 0 Å². The molecular weight excluding hydrogens is 290 g/mol. The summed E-state index contributed by atoms with van der Waals surface area (Å²) in [4.78, 5) is 11.1. The Morgan fingerprint density at radius 3 is 2.22 bits per heavy atom. The molecule has 23 heavy (non-hydrogen) atoms. The first kappa shape index (κ1) is 22.1. The Hall–Kier alpha value is -0.870. The number of hydrogen-bond donors (Lipinski definition) is 2. The van der Waals surface area contributed by atoms with E-state index in [0.29, 0.717) is 6.42 Å². The molecule has 2 unspecified atom stereocenters. The normalized spacial score (nSPS) is 14.4. The zero-order valence-corrected chi connectivity index (χ0v) is 15.5. The van der Waals surface area contributed by atoms with Crippen molar-refractivity contribution in [3.05, 3.63) is 12.7 Å². The fourth-order valence-corrected chi connectivity index (χ4v) is 3.36. The molecule has 4 heteroatoms. The van der Waals surface area contributed by atoms with E-state index < -0.39 is 5.97 Å². The predicted octanol–water partition coefficient (Wildman–Crippen LogP) is 3.84. The molecule has 0 aromatic carbocycles. The largest absolute Gasteiger partial charge is 0.481 e. The van der Waals surface area contributed by atoms with Crippen LogP contribution in [-0.2, 0) is 4.79 Å². The van der Waals surface area contributed by atoms with Crippen molar-refractivity contribution in [2.75, 3.05) is 26.2 Å². The van der Waals surface area contributed by atoms with Crippen LogP contribution in [0.15, 0.2) is 12.7 Å². The molecule has 136 valence electrons. The molecule has 0 bridgehead atoms. The van der Waals surface area contributed by atoms with Crippen molar-refractivity contribution in [3.63, 3.8) is 0 Å². The van der Waals surface area contributed by atoms with Gasteiger partial charge in [0, 0.05) is 6.42 Å². The van der Waals surface area contributed by atoms with Gasteiger partial charge in [-0.25, -0.2) is 0 Å². The van der Waals surface area contributed by atoms with Crippen molar-refractivity contribution < 1.29 is 19.5 Å². The minimum Gasteiger partial charge on any atom is -0.481 e. The molecule has 0 aliphatic carbocycles. The first-order valence-corrected chi connectivity index (χ1v) is 9.27. The molecule has 0 saturated carbocycles. The zero-order valence-electron chi connectivity index (χ0n) is 15.5. The van der Waals surface area contributed by atoms with Crippen LogP contribution >= 0.6 is 0 Å². The predicted molar refractivity (Wildman–Crippen MR) is 96.4 cm³/mol. The second kappa shape index (κ2) is 12.5. The lowest BCUT2D eigenvalue weighted by atomic mass is 10.0. The van der Waals surface area contributed by atoms with Crippen molar-refractivity contribution in [2.45, 2.75) is 71.8 Å². The van der Waals surface area contributed by atoms with Gasteiger partial charge in [0.05, 0.1) is 25.6 Å². The highest BCUT2D eigenvalue weighted by Crippen LogP contribution is 2.18. The van der Waals surface area contributed by atoms with Gasteiger partial charge in [0.1, 0.15) is 12.6 Å². The number of quaternary nitrogens is 1. The summed E-state index contributed by atoms with van der Waals surface area (Å²) in [6.45, 7) is 13.5. The fourth-order valence-electron chi connectivity index (χ4n) is 3.36. The molecule has 0 aromatic heterocycles. The molecule has 0 fully saturated rings. The number of aliphatic hydroxyl groups excluding tert-OH is 1. The summed E-state index contributed by atoms with van der Waals surface area (Å²) >= 11 is 0. The maximum absolute atomic E-state index is 11.1. The van der Waals surface area contributed by atoms with E-state index in [1.54, 1.807) is 6.92 Å². The molecule has 2 atom stereocenters. The summed E-state index contributed by atoms with van der Waals surface area (Å²) in [5.41, 5.74) is 0. The molecule has 0 amide bonds. The minimum absolute atomic E-state index is 0.293. The maximum Gasteiger partial charge on any atom is 0.306 e. The van der Waals surface area contributed by atoms with E-state index in [2.05, 4.69) is 20.4 Å². The van der Waals surface area contributed by atoms with Crippen LogP contribution in [0, 0.1) is 5.92 Å². The second-order valence-electron chi connectivity index (χ2n) is 6.95. The highest BCUT2D eigenvalue weighted by molar-refractivity contribution is 5.69. The number of aliphatic hydroxyl groups is 1. The molecule has 0 aliphatic rings. The smallest absolute Gasteiger partial charge is 0.306 e. The summed E-state index contributed by atoms with van der Waals surface area (Å²) in [5, 5.41) is 19.6. The number of carboxylic acids is 1. The quantitative estimate of drug-likeness (QED) is 0.273. The number of carboxylic acid groups (broad SMARTS) is 1. The standard InChI is InChI=1S/C19H37NO3/c1-5-8-9-10-11-18(21)16-20(13-6-2,14-7-3)15-12-17(4)19(22)23/h5,17-18,21H,1,6-16H2,2-4H3/p+1. The first-order valence-electron chi connectivity index (χ1n) is 9.27. The van der Waals surface area contributed by atoms with E-state index in [0.717, 1.165) is 69.2 Å². The Morgan fingerprint density at radius 1 is 1.13 bits per heavy atom. The Bertz CT molecular complexity index is 325. The van der Waals surface area contributed by atoms with Gasteiger partial charge in [0.2, 0.25) is 0 Å². The minimum atomic E-state index is -0.721. The summed E-state index contributed by atoms with van der Waals surface area (Å²) in [7, 11) is 0. The molecule has 0 aromatic rings. The average molecular weight is 329 g/mol. The number of nitrogens with zero attached hydrogens (tertiary/aromatic N) is 1. The van der Waals surface area contributed by atoms with Crippen molar-refractivity contribution >= 4 is 5.97 Å². The zero-order chi connectivity index (χ0) is 17.7. The van der Waals surface area contributed by atoms with Gasteiger partial charge in [-0.1, -0.05) is 33.3 Å². The van der Waals surface area contributed by atoms with Crippen LogP contribution in [0.5, 0.6) is 0 Å². The SMILES string of the molecule is C=CCCCCC(O)C[N+](CCC)(CCC)CCC(C)C(=O)O.